The molecule has 0 amide bonds. The van der Waals surface area contributed by atoms with Crippen LogP contribution in [-0.2, 0) is 12.8 Å². The number of carboxylic acids is 1. The first kappa shape index (κ1) is 19.1. The normalized spacial score (nSPS) is 10.6. The van der Waals surface area contributed by atoms with Gasteiger partial charge in [0.15, 0.2) is 5.82 Å². The minimum absolute atomic E-state index is 0.0599. The van der Waals surface area contributed by atoms with E-state index in [0.29, 0.717) is 23.8 Å². The lowest BCUT2D eigenvalue weighted by Gasteiger charge is -2.15. The van der Waals surface area contributed by atoms with Crippen LogP contribution >= 0.6 is 22.9 Å². The first-order chi connectivity index (χ1) is 13.0. The summed E-state index contributed by atoms with van der Waals surface area (Å²) in [6.07, 6.45) is 3.20. The van der Waals surface area contributed by atoms with Gasteiger partial charge >= 0.3 is 5.97 Å². The van der Waals surface area contributed by atoms with Gasteiger partial charge in [0.25, 0.3) is 0 Å². The third kappa shape index (κ3) is 4.18. The molecule has 0 unspecified atom stereocenters. The predicted octanol–water partition coefficient (Wildman–Crippen LogP) is 5.59. The van der Waals surface area contributed by atoms with Crippen LogP contribution in [0.4, 0.5) is 11.5 Å². The summed E-state index contributed by atoms with van der Waals surface area (Å²) in [5.74, 6) is 0.267. The van der Waals surface area contributed by atoms with Crippen LogP contribution < -0.4 is 5.32 Å². The Labute approximate surface area is 166 Å². The van der Waals surface area contributed by atoms with Gasteiger partial charge in [-0.3, -0.25) is 0 Å². The summed E-state index contributed by atoms with van der Waals surface area (Å²) >= 11 is 7.67. The zero-order valence-corrected chi connectivity index (χ0v) is 16.3. The van der Waals surface area contributed by atoms with Crippen LogP contribution in [-0.4, -0.2) is 21.0 Å². The standard InChI is InChI=1S/C20H18ClN3O2S/c1-3-6-14-16(4-2)23-19(17-7-5-10-27-17)24-18(14)22-12-8-9-13(20(25)26)15(21)11-12/h3,5,7-11H,1,4,6H2,2H3,(H,25,26)(H,22,23,24). The van der Waals surface area contributed by atoms with E-state index in [1.54, 1.807) is 23.5 Å². The molecule has 0 radical (unpaired) electrons. The lowest BCUT2D eigenvalue weighted by molar-refractivity contribution is 0.0697. The first-order valence-corrected chi connectivity index (χ1v) is 9.63. The number of aromatic carboxylic acids is 1. The van der Waals surface area contributed by atoms with Crippen LogP contribution in [0.2, 0.25) is 5.02 Å². The molecule has 1 aromatic carbocycles. The molecular formula is C20H18ClN3O2S. The second-order valence-corrected chi connectivity index (χ2v) is 7.12. The highest BCUT2D eigenvalue weighted by Crippen LogP contribution is 2.30. The van der Waals surface area contributed by atoms with Crippen molar-refractivity contribution in [3.63, 3.8) is 0 Å². The van der Waals surface area contributed by atoms with E-state index >= 15 is 0 Å². The molecule has 0 saturated heterocycles. The summed E-state index contributed by atoms with van der Waals surface area (Å²) in [6.45, 7) is 5.88. The molecule has 2 aromatic heterocycles. The summed E-state index contributed by atoms with van der Waals surface area (Å²) in [5.41, 5.74) is 2.63. The van der Waals surface area contributed by atoms with Crippen LogP contribution in [0.25, 0.3) is 10.7 Å². The molecule has 0 atom stereocenters. The third-order valence-electron chi connectivity index (χ3n) is 3.98. The number of hydrogen-bond donors (Lipinski definition) is 2. The van der Waals surface area contributed by atoms with E-state index in [1.807, 2.05) is 23.6 Å². The van der Waals surface area contributed by atoms with Crippen molar-refractivity contribution in [1.29, 1.82) is 0 Å². The van der Waals surface area contributed by atoms with Crippen molar-refractivity contribution in [2.24, 2.45) is 0 Å². The molecule has 0 aliphatic carbocycles. The number of carbonyl (C=O) groups is 1. The van der Waals surface area contributed by atoms with E-state index in [2.05, 4.69) is 18.8 Å². The summed E-state index contributed by atoms with van der Waals surface area (Å²) in [5, 5.41) is 14.6. The van der Waals surface area contributed by atoms with E-state index in [4.69, 9.17) is 26.7 Å². The second-order valence-electron chi connectivity index (χ2n) is 5.77. The van der Waals surface area contributed by atoms with Crippen LogP contribution in [0, 0.1) is 0 Å². The van der Waals surface area contributed by atoms with Crippen molar-refractivity contribution in [1.82, 2.24) is 9.97 Å². The summed E-state index contributed by atoms with van der Waals surface area (Å²) in [7, 11) is 0. The number of carboxylic acid groups (broad SMARTS) is 1. The number of anilines is 2. The molecule has 27 heavy (non-hydrogen) atoms. The van der Waals surface area contributed by atoms with Gasteiger partial charge in [-0.05, 0) is 42.5 Å². The molecule has 7 heteroatoms. The fourth-order valence-electron chi connectivity index (χ4n) is 2.70. The molecule has 2 heterocycles. The number of aromatic nitrogens is 2. The maximum Gasteiger partial charge on any atom is 0.337 e. The van der Waals surface area contributed by atoms with Gasteiger partial charge in [-0.25, -0.2) is 14.8 Å². The molecule has 0 fully saturated rings. The van der Waals surface area contributed by atoms with Gasteiger partial charge in [0.1, 0.15) is 5.82 Å². The Kier molecular flexibility index (Phi) is 5.88. The Hall–Kier alpha value is -2.70. The Morgan fingerprint density at radius 3 is 2.78 bits per heavy atom. The van der Waals surface area contributed by atoms with Crippen molar-refractivity contribution >= 4 is 40.4 Å². The van der Waals surface area contributed by atoms with Crippen molar-refractivity contribution in [3.8, 4) is 10.7 Å². The van der Waals surface area contributed by atoms with Gasteiger partial charge in [-0.2, -0.15) is 0 Å². The number of thiophene rings is 1. The summed E-state index contributed by atoms with van der Waals surface area (Å²) in [6, 6.07) is 8.67. The number of aryl methyl sites for hydroxylation is 1. The maximum absolute atomic E-state index is 11.2. The molecule has 138 valence electrons. The van der Waals surface area contributed by atoms with Crippen molar-refractivity contribution < 1.29 is 9.90 Å². The van der Waals surface area contributed by atoms with Crippen molar-refractivity contribution in [2.75, 3.05) is 5.32 Å². The van der Waals surface area contributed by atoms with E-state index in [1.165, 1.54) is 6.07 Å². The molecule has 0 aliphatic heterocycles. The van der Waals surface area contributed by atoms with Gasteiger partial charge in [-0.1, -0.05) is 30.7 Å². The minimum Gasteiger partial charge on any atom is -0.478 e. The SMILES string of the molecule is C=CCc1c(CC)nc(-c2cccs2)nc1Nc1ccc(C(=O)O)c(Cl)c1. The fraction of sp³-hybridized carbons (Fsp3) is 0.150. The second kappa shape index (κ2) is 8.33. The quantitative estimate of drug-likeness (QED) is 0.506. The molecule has 5 nitrogen and oxygen atoms in total. The van der Waals surface area contributed by atoms with E-state index in [0.717, 1.165) is 22.6 Å². The molecular weight excluding hydrogens is 382 g/mol. The smallest absolute Gasteiger partial charge is 0.337 e. The van der Waals surface area contributed by atoms with Crippen molar-refractivity contribution in [3.05, 3.63) is 70.2 Å². The molecule has 2 N–H and O–H groups in total. The summed E-state index contributed by atoms with van der Waals surface area (Å²) in [4.78, 5) is 21.6. The monoisotopic (exact) mass is 399 g/mol. The Morgan fingerprint density at radius 2 is 2.19 bits per heavy atom. The van der Waals surface area contributed by atoms with Crippen LogP contribution in [0.3, 0.4) is 0 Å². The number of allylic oxidation sites excluding steroid dienone is 1. The first-order valence-electron chi connectivity index (χ1n) is 8.38. The largest absolute Gasteiger partial charge is 0.478 e. The zero-order chi connectivity index (χ0) is 19.4. The maximum atomic E-state index is 11.2. The predicted molar refractivity (Wildman–Crippen MR) is 110 cm³/mol. The zero-order valence-electron chi connectivity index (χ0n) is 14.7. The third-order valence-corrected chi connectivity index (χ3v) is 5.16. The van der Waals surface area contributed by atoms with Crippen LogP contribution in [0.15, 0.2) is 48.4 Å². The highest BCUT2D eigenvalue weighted by molar-refractivity contribution is 7.13. The fourth-order valence-corrected chi connectivity index (χ4v) is 3.62. The van der Waals surface area contributed by atoms with Crippen molar-refractivity contribution in [2.45, 2.75) is 19.8 Å². The molecule has 0 saturated carbocycles. The molecule has 0 bridgehead atoms. The van der Waals surface area contributed by atoms with E-state index in [9.17, 15) is 4.79 Å². The van der Waals surface area contributed by atoms with E-state index in [-0.39, 0.29) is 10.6 Å². The average Bonchev–Trinajstić information content (AvgIpc) is 3.17. The van der Waals surface area contributed by atoms with E-state index < -0.39 is 5.97 Å². The average molecular weight is 400 g/mol. The Morgan fingerprint density at radius 1 is 1.37 bits per heavy atom. The van der Waals surface area contributed by atoms with Crippen LogP contribution in [0.5, 0.6) is 0 Å². The molecule has 0 spiro atoms. The lowest BCUT2D eigenvalue weighted by atomic mass is 10.1. The Bertz CT molecular complexity index is 987. The van der Waals surface area contributed by atoms with Gasteiger partial charge in [0.2, 0.25) is 0 Å². The number of halogens is 1. The molecule has 0 aliphatic rings. The number of rotatable bonds is 7. The number of hydrogen-bond acceptors (Lipinski definition) is 5. The van der Waals surface area contributed by atoms with Gasteiger partial charge < -0.3 is 10.4 Å². The minimum atomic E-state index is -1.06. The number of nitrogens with one attached hydrogen (secondary N) is 1. The van der Waals surface area contributed by atoms with Gasteiger partial charge in [0, 0.05) is 16.9 Å². The topological polar surface area (TPSA) is 75.1 Å². The highest BCUT2D eigenvalue weighted by Gasteiger charge is 2.16. The van der Waals surface area contributed by atoms with Gasteiger partial charge in [0.05, 0.1) is 15.5 Å². The Balaban J connectivity index is 2.07. The van der Waals surface area contributed by atoms with Crippen LogP contribution in [0.1, 0.15) is 28.5 Å². The van der Waals surface area contributed by atoms with Gasteiger partial charge in [-0.15, -0.1) is 17.9 Å². The lowest BCUT2D eigenvalue weighted by Crippen LogP contribution is -2.07. The molecule has 3 aromatic rings. The molecule has 3 rings (SSSR count). The summed E-state index contributed by atoms with van der Waals surface area (Å²) < 4.78 is 0. The number of nitrogens with zero attached hydrogens (tertiary/aromatic N) is 2. The highest BCUT2D eigenvalue weighted by atomic mass is 35.5. The number of benzene rings is 1.